The number of nitrogens with two attached hydrogens (primary N) is 1. The quantitative estimate of drug-likeness (QED) is 0.927. The van der Waals surface area contributed by atoms with Gasteiger partial charge in [0.15, 0.2) is 0 Å². The molecule has 1 aromatic rings. The molecule has 0 bridgehead atoms. The van der Waals surface area contributed by atoms with Gasteiger partial charge < -0.3 is 10.6 Å². The minimum absolute atomic E-state index is 0.269. The highest BCUT2D eigenvalue weighted by atomic mass is 16.1. The van der Waals surface area contributed by atoms with E-state index in [0.717, 1.165) is 31.0 Å². The van der Waals surface area contributed by atoms with Gasteiger partial charge in [-0.05, 0) is 51.1 Å². The maximum absolute atomic E-state index is 11.9. The Kier molecular flexibility index (Phi) is 5.16. The summed E-state index contributed by atoms with van der Waals surface area (Å²) in [4.78, 5) is 18.3. The van der Waals surface area contributed by atoms with Crippen LogP contribution in [0.25, 0.3) is 5.70 Å². The Labute approximate surface area is 138 Å². The van der Waals surface area contributed by atoms with Gasteiger partial charge in [0, 0.05) is 24.5 Å². The normalized spacial score (nSPS) is 23.0. The lowest BCUT2D eigenvalue weighted by Crippen LogP contribution is -2.37. The van der Waals surface area contributed by atoms with Gasteiger partial charge in [0.2, 0.25) is 0 Å². The van der Waals surface area contributed by atoms with Crippen molar-refractivity contribution in [3.8, 4) is 0 Å². The number of hydrogen-bond acceptors (Lipinski definition) is 4. The van der Waals surface area contributed by atoms with E-state index < -0.39 is 0 Å². The topological polar surface area (TPSA) is 64.2 Å². The Bertz CT molecular complexity index is 616. The number of aromatic nitrogens is 2. The summed E-state index contributed by atoms with van der Waals surface area (Å²) in [6.07, 6.45) is 14.0. The minimum atomic E-state index is -0.269. The second-order valence-electron chi connectivity index (χ2n) is 7.07. The highest BCUT2D eigenvalue weighted by Gasteiger charge is 2.22. The van der Waals surface area contributed by atoms with Crippen LogP contribution in [0.2, 0.25) is 0 Å². The molecule has 2 N–H and O–H groups in total. The summed E-state index contributed by atoms with van der Waals surface area (Å²) in [6.45, 7) is 1.17. The fourth-order valence-corrected chi connectivity index (χ4v) is 3.97. The molecule has 126 valence electrons. The molecular formula is C18H28N4O. The van der Waals surface area contributed by atoms with Crippen LogP contribution in [0.5, 0.6) is 0 Å². The van der Waals surface area contributed by atoms with Crippen molar-refractivity contribution in [2.24, 2.45) is 5.92 Å². The van der Waals surface area contributed by atoms with Crippen molar-refractivity contribution in [2.75, 3.05) is 19.3 Å². The molecule has 0 aliphatic heterocycles. The maximum atomic E-state index is 11.9. The number of nitrogen functional groups attached to an aromatic ring is 1. The van der Waals surface area contributed by atoms with E-state index in [-0.39, 0.29) is 11.5 Å². The first-order valence-corrected chi connectivity index (χ1v) is 8.88. The third-order valence-electron chi connectivity index (χ3n) is 5.37. The molecule has 1 saturated carbocycles. The number of allylic oxidation sites excluding steroid dienone is 2. The first-order chi connectivity index (χ1) is 11.1. The van der Waals surface area contributed by atoms with Crippen molar-refractivity contribution in [3.05, 3.63) is 28.8 Å². The molecule has 1 fully saturated rings. The molecule has 1 heterocycles. The molecule has 0 aromatic carbocycles. The lowest BCUT2D eigenvalue weighted by atomic mass is 9.89. The van der Waals surface area contributed by atoms with Crippen molar-refractivity contribution in [2.45, 2.75) is 57.4 Å². The summed E-state index contributed by atoms with van der Waals surface area (Å²) in [5.74, 6) is 0.984. The molecule has 23 heavy (non-hydrogen) atoms. The van der Waals surface area contributed by atoms with Crippen LogP contribution in [-0.4, -0.2) is 34.1 Å². The fourth-order valence-electron chi connectivity index (χ4n) is 3.97. The second kappa shape index (κ2) is 7.30. The molecule has 1 unspecified atom stereocenters. The molecule has 0 spiro atoms. The lowest BCUT2D eigenvalue weighted by Gasteiger charge is -2.34. The van der Waals surface area contributed by atoms with Gasteiger partial charge in [-0.1, -0.05) is 25.3 Å². The Morgan fingerprint density at radius 2 is 2.09 bits per heavy atom. The smallest absolute Gasteiger partial charge is 0.353 e. The van der Waals surface area contributed by atoms with E-state index >= 15 is 0 Å². The van der Waals surface area contributed by atoms with Crippen LogP contribution in [0.15, 0.2) is 23.1 Å². The zero-order valence-corrected chi connectivity index (χ0v) is 14.1. The van der Waals surface area contributed by atoms with Gasteiger partial charge in [0.25, 0.3) is 0 Å². The molecule has 5 heteroatoms. The van der Waals surface area contributed by atoms with Crippen LogP contribution in [0.3, 0.4) is 0 Å². The van der Waals surface area contributed by atoms with Crippen molar-refractivity contribution in [3.63, 3.8) is 0 Å². The van der Waals surface area contributed by atoms with E-state index in [9.17, 15) is 4.79 Å². The fraction of sp³-hybridized carbons (Fsp3) is 0.667. The zero-order chi connectivity index (χ0) is 16.2. The van der Waals surface area contributed by atoms with Crippen LogP contribution in [0.4, 0.5) is 5.82 Å². The average Bonchev–Trinajstić information content (AvgIpc) is 2.57. The van der Waals surface area contributed by atoms with Gasteiger partial charge >= 0.3 is 5.69 Å². The highest BCUT2D eigenvalue weighted by Crippen LogP contribution is 2.28. The van der Waals surface area contributed by atoms with E-state index in [1.54, 1.807) is 16.8 Å². The van der Waals surface area contributed by atoms with Crippen LogP contribution in [-0.2, 0) is 0 Å². The van der Waals surface area contributed by atoms with E-state index in [1.807, 2.05) is 0 Å². The second-order valence-corrected chi connectivity index (χ2v) is 7.07. The molecule has 5 nitrogen and oxygen atoms in total. The number of nitrogens with zero attached hydrogens (tertiary/aromatic N) is 3. The summed E-state index contributed by atoms with van der Waals surface area (Å²) in [6, 6.07) is 2.46. The molecule has 3 rings (SSSR count). The Hall–Kier alpha value is -1.62. The van der Waals surface area contributed by atoms with Crippen molar-refractivity contribution < 1.29 is 0 Å². The maximum Gasteiger partial charge on any atom is 0.353 e. The average molecular weight is 316 g/mol. The van der Waals surface area contributed by atoms with E-state index in [4.69, 9.17) is 5.73 Å². The number of hydrogen-bond donors (Lipinski definition) is 1. The third kappa shape index (κ3) is 4.02. The van der Waals surface area contributed by atoms with Gasteiger partial charge in [-0.2, -0.15) is 4.98 Å². The summed E-state index contributed by atoms with van der Waals surface area (Å²) in [7, 11) is 2.28. The zero-order valence-electron chi connectivity index (χ0n) is 14.1. The number of rotatable bonds is 4. The molecule has 1 atom stereocenters. The van der Waals surface area contributed by atoms with E-state index in [2.05, 4.69) is 23.0 Å². The predicted octanol–water partition coefficient (Wildman–Crippen LogP) is 2.73. The predicted molar refractivity (Wildman–Crippen MR) is 94.0 cm³/mol. The SMILES string of the molecule is CN(CC1CC=C(n2ccc(N)nc2=O)CC1)C1CCCCC1. The van der Waals surface area contributed by atoms with Gasteiger partial charge in [0.05, 0.1) is 0 Å². The van der Waals surface area contributed by atoms with Gasteiger partial charge in [-0.3, -0.25) is 4.57 Å². The van der Waals surface area contributed by atoms with Crippen LogP contribution >= 0.6 is 0 Å². The minimum Gasteiger partial charge on any atom is -0.383 e. The third-order valence-corrected chi connectivity index (χ3v) is 5.37. The van der Waals surface area contributed by atoms with Crippen molar-refractivity contribution in [1.82, 2.24) is 14.5 Å². The van der Waals surface area contributed by atoms with Crippen LogP contribution < -0.4 is 11.4 Å². The summed E-state index contributed by atoms with van der Waals surface area (Å²) >= 11 is 0. The largest absolute Gasteiger partial charge is 0.383 e. The molecule has 1 aromatic heterocycles. The molecule has 2 aliphatic carbocycles. The van der Waals surface area contributed by atoms with Gasteiger partial charge in [-0.25, -0.2) is 4.79 Å². The molecule has 0 radical (unpaired) electrons. The number of anilines is 1. The van der Waals surface area contributed by atoms with Gasteiger partial charge in [0.1, 0.15) is 5.82 Å². The molecule has 2 aliphatic rings. The van der Waals surface area contributed by atoms with Crippen molar-refractivity contribution in [1.29, 1.82) is 0 Å². The monoisotopic (exact) mass is 316 g/mol. The Morgan fingerprint density at radius 1 is 1.30 bits per heavy atom. The summed E-state index contributed by atoms with van der Waals surface area (Å²) in [5, 5.41) is 0. The molecule has 0 amide bonds. The first-order valence-electron chi connectivity index (χ1n) is 8.88. The first kappa shape index (κ1) is 16.2. The lowest BCUT2D eigenvalue weighted by molar-refractivity contribution is 0.162. The van der Waals surface area contributed by atoms with E-state index in [1.165, 1.54) is 38.6 Å². The summed E-state index contributed by atoms with van der Waals surface area (Å²) in [5.41, 5.74) is 6.35. The highest BCUT2D eigenvalue weighted by molar-refractivity contribution is 5.46. The van der Waals surface area contributed by atoms with E-state index in [0.29, 0.717) is 5.92 Å². The molecule has 0 saturated heterocycles. The molecular weight excluding hydrogens is 288 g/mol. The van der Waals surface area contributed by atoms with Crippen molar-refractivity contribution >= 4 is 11.5 Å². The Morgan fingerprint density at radius 3 is 2.74 bits per heavy atom. The van der Waals surface area contributed by atoms with Crippen LogP contribution in [0.1, 0.15) is 51.4 Å². The van der Waals surface area contributed by atoms with Crippen LogP contribution in [0, 0.1) is 5.92 Å². The van der Waals surface area contributed by atoms with Gasteiger partial charge in [-0.15, -0.1) is 0 Å². The Balaban J connectivity index is 1.58. The summed E-state index contributed by atoms with van der Waals surface area (Å²) < 4.78 is 1.64. The standard InChI is InChI=1S/C18H28N4O/c1-21(15-5-3-2-4-6-15)13-14-7-9-16(10-8-14)22-12-11-17(19)20-18(22)23/h9,11-12,14-15H,2-8,10,13H2,1H3,(H2,19,20,23).